The molecular formula is C25H28N2O4S. The van der Waals surface area contributed by atoms with Crippen LogP contribution in [0.4, 0.5) is 5.69 Å². The summed E-state index contributed by atoms with van der Waals surface area (Å²) in [4.78, 5) is 12.7. The number of ether oxygens (including phenoxy) is 1. The van der Waals surface area contributed by atoms with Crippen LogP contribution in [0, 0.1) is 13.8 Å². The number of amides is 1. The lowest BCUT2D eigenvalue weighted by molar-refractivity contribution is -0.120. The van der Waals surface area contributed by atoms with E-state index in [9.17, 15) is 13.2 Å². The molecule has 1 amide bonds. The van der Waals surface area contributed by atoms with E-state index in [1.54, 1.807) is 24.3 Å². The number of anilines is 1. The molecule has 0 saturated heterocycles. The monoisotopic (exact) mass is 452 g/mol. The Kier molecular flexibility index (Phi) is 7.20. The van der Waals surface area contributed by atoms with Crippen LogP contribution in [0.2, 0.25) is 0 Å². The lowest BCUT2D eigenvalue weighted by Gasteiger charge is -2.24. The first-order valence-corrected chi connectivity index (χ1v) is 12.2. The van der Waals surface area contributed by atoms with Crippen molar-refractivity contribution >= 4 is 21.6 Å². The van der Waals surface area contributed by atoms with Crippen LogP contribution in [0.25, 0.3) is 0 Å². The quantitative estimate of drug-likeness (QED) is 0.536. The molecule has 168 valence electrons. The second-order valence-electron chi connectivity index (χ2n) is 7.83. The number of hydrogen-bond donors (Lipinski definition) is 1. The van der Waals surface area contributed by atoms with Gasteiger partial charge in [-0.25, -0.2) is 8.42 Å². The first-order valence-electron chi connectivity index (χ1n) is 10.3. The van der Waals surface area contributed by atoms with Crippen LogP contribution in [-0.4, -0.2) is 27.1 Å². The Hall–Kier alpha value is -3.32. The second-order valence-corrected chi connectivity index (χ2v) is 9.73. The van der Waals surface area contributed by atoms with Crippen LogP contribution in [0.3, 0.4) is 0 Å². The van der Waals surface area contributed by atoms with E-state index >= 15 is 0 Å². The largest absolute Gasteiger partial charge is 0.457 e. The molecule has 0 aliphatic heterocycles. The molecule has 6 nitrogen and oxygen atoms in total. The van der Waals surface area contributed by atoms with Crippen molar-refractivity contribution in [1.82, 2.24) is 5.32 Å². The predicted molar refractivity (Wildman–Crippen MR) is 128 cm³/mol. The molecule has 1 N–H and O–H groups in total. The first-order chi connectivity index (χ1) is 15.1. The summed E-state index contributed by atoms with van der Waals surface area (Å²) >= 11 is 0. The zero-order chi connectivity index (χ0) is 23.3. The fourth-order valence-corrected chi connectivity index (χ4v) is 4.37. The van der Waals surface area contributed by atoms with Crippen LogP contribution >= 0.6 is 0 Å². The van der Waals surface area contributed by atoms with Gasteiger partial charge in [0.2, 0.25) is 15.9 Å². The maximum atomic E-state index is 12.7. The Balaban J connectivity index is 1.72. The lowest BCUT2D eigenvalue weighted by atomic mass is 10.0. The van der Waals surface area contributed by atoms with E-state index in [0.717, 1.165) is 27.3 Å². The van der Waals surface area contributed by atoms with Crippen LogP contribution in [-0.2, 0) is 14.8 Å². The fraction of sp³-hybridized carbons (Fsp3) is 0.240. The smallest absolute Gasteiger partial charge is 0.241 e. The maximum absolute atomic E-state index is 12.7. The molecule has 0 bridgehead atoms. The summed E-state index contributed by atoms with van der Waals surface area (Å²) in [6.45, 7) is 5.58. The van der Waals surface area contributed by atoms with Crippen LogP contribution in [0.15, 0.2) is 72.8 Å². The van der Waals surface area contributed by atoms with Gasteiger partial charge >= 0.3 is 0 Å². The van der Waals surface area contributed by atoms with E-state index in [1.807, 2.05) is 63.2 Å². The van der Waals surface area contributed by atoms with Gasteiger partial charge in [0.05, 0.1) is 18.0 Å². The molecule has 1 unspecified atom stereocenters. The summed E-state index contributed by atoms with van der Waals surface area (Å²) in [5.41, 5.74) is 3.61. The van der Waals surface area contributed by atoms with Crippen molar-refractivity contribution in [3.05, 3.63) is 89.5 Å². The minimum Gasteiger partial charge on any atom is -0.457 e. The summed E-state index contributed by atoms with van der Waals surface area (Å²) in [6.07, 6.45) is 1.09. The summed E-state index contributed by atoms with van der Waals surface area (Å²) in [5.74, 6) is 0.869. The molecule has 3 rings (SSSR count). The molecule has 0 heterocycles. The molecular weight excluding hydrogens is 424 g/mol. The number of aryl methyl sites for hydroxylation is 2. The summed E-state index contributed by atoms with van der Waals surface area (Å²) in [5, 5.41) is 2.90. The highest BCUT2D eigenvalue weighted by molar-refractivity contribution is 7.92. The van der Waals surface area contributed by atoms with Crippen molar-refractivity contribution in [3.63, 3.8) is 0 Å². The lowest BCUT2D eigenvalue weighted by Crippen LogP contribution is -2.41. The number of rotatable bonds is 8. The molecule has 0 spiro atoms. The SMILES string of the molecule is Cc1ccc(C(C)NC(=O)CN(c2ccc(Oc3ccccc3)cc2)S(C)(=O)=O)c(C)c1. The molecule has 0 aliphatic rings. The Bertz CT molecular complexity index is 1180. The molecule has 3 aromatic carbocycles. The predicted octanol–water partition coefficient (Wildman–Crippen LogP) is 4.74. The van der Waals surface area contributed by atoms with Gasteiger partial charge in [-0.2, -0.15) is 0 Å². The molecule has 0 radical (unpaired) electrons. The molecule has 0 aliphatic carbocycles. The van der Waals surface area contributed by atoms with Crippen LogP contribution in [0.1, 0.15) is 29.7 Å². The van der Waals surface area contributed by atoms with Gasteiger partial charge in [-0.1, -0.05) is 42.0 Å². The highest BCUT2D eigenvalue weighted by Crippen LogP contribution is 2.25. The Morgan fingerprint density at radius 2 is 1.59 bits per heavy atom. The number of carbonyl (C=O) groups is 1. The summed E-state index contributed by atoms with van der Waals surface area (Å²) in [7, 11) is -3.67. The Morgan fingerprint density at radius 3 is 2.19 bits per heavy atom. The van der Waals surface area contributed by atoms with Crippen molar-refractivity contribution in [2.45, 2.75) is 26.8 Å². The van der Waals surface area contributed by atoms with Crippen molar-refractivity contribution < 1.29 is 17.9 Å². The number of benzene rings is 3. The minimum atomic E-state index is -3.67. The zero-order valence-electron chi connectivity index (χ0n) is 18.7. The average molecular weight is 453 g/mol. The highest BCUT2D eigenvalue weighted by atomic mass is 32.2. The van der Waals surface area contributed by atoms with E-state index in [-0.39, 0.29) is 18.5 Å². The maximum Gasteiger partial charge on any atom is 0.241 e. The van der Waals surface area contributed by atoms with Crippen molar-refractivity contribution in [2.75, 3.05) is 17.1 Å². The number of hydrogen-bond acceptors (Lipinski definition) is 4. The number of carbonyl (C=O) groups excluding carboxylic acids is 1. The third kappa shape index (κ3) is 6.11. The topological polar surface area (TPSA) is 75.7 Å². The average Bonchev–Trinajstić information content (AvgIpc) is 2.72. The van der Waals surface area contributed by atoms with E-state index in [0.29, 0.717) is 17.2 Å². The van der Waals surface area contributed by atoms with Gasteiger partial charge in [0.25, 0.3) is 0 Å². The van der Waals surface area contributed by atoms with E-state index in [4.69, 9.17) is 4.74 Å². The van der Waals surface area contributed by atoms with Gasteiger partial charge in [-0.05, 0) is 68.3 Å². The number of para-hydroxylation sites is 1. The van der Waals surface area contributed by atoms with Gasteiger partial charge < -0.3 is 10.1 Å². The van der Waals surface area contributed by atoms with Crippen LogP contribution in [0.5, 0.6) is 11.5 Å². The molecule has 1 atom stereocenters. The number of nitrogens with one attached hydrogen (secondary N) is 1. The number of nitrogens with zero attached hydrogens (tertiary/aromatic N) is 1. The van der Waals surface area contributed by atoms with Crippen LogP contribution < -0.4 is 14.4 Å². The molecule has 0 aromatic heterocycles. The normalized spacial score (nSPS) is 12.1. The van der Waals surface area contributed by atoms with E-state index in [2.05, 4.69) is 11.4 Å². The zero-order valence-corrected chi connectivity index (χ0v) is 19.5. The molecule has 0 saturated carbocycles. The van der Waals surface area contributed by atoms with Gasteiger partial charge in [-0.15, -0.1) is 0 Å². The Morgan fingerprint density at radius 1 is 0.969 bits per heavy atom. The van der Waals surface area contributed by atoms with E-state index in [1.165, 1.54) is 0 Å². The van der Waals surface area contributed by atoms with Gasteiger partial charge in [-0.3, -0.25) is 9.10 Å². The first kappa shape index (κ1) is 23.3. The standard InChI is InChI=1S/C25H28N2O4S/c1-18-10-15-24(19(2)16-18)20(3)26-25(28)17-27(32(4,29)30)21-11-13-23(14-12-21)31-22-8-6-5-7-9-22/h5-16,20H,17H2,1-4H3,(H,26,28). The third-order valence-corrected chi connectivity index (χ3v) is 6.20. The van der Waals surface area contributed by atoms with Gasteiger partial charge in [0.15, 0.2) is 0 Å². The second kappa shape index (κ2) is 9.87. The molecule has 3 aromatic rings. The highest BCUT2D eigenvalue weighted by Gasteiger charge is 2.22. The molecule has 7 heteroatoms. The third-order valence-electron chi connectivity index (χ3n) is 5.06. The van der Waals surface area contributed by atoms with E-state index < -0.39 is 10.0 Å². The summed E-state index contributed by atoms with van der Waals surface area (Å²) in [6, 6.07) is 21.7. The van der Waals surface area contributed by atoms with Gasteiger partial charge in [0.1, 0.15) is 18.0 Å². The minimum absolute atomic E-state index is 0.244. The molecule has 32 heavy (non-hydrogen) atoms. The van der Waals surface area contributed by atoms with Crippen molar-refractivity contribution in [1.29, 1.82) is 0 Å². The summed E-state index contributed by atoms with van der Waals surface area (Å²) < 4.78 is 31.7. The molecule has 0 fully saturated rings. The Labute approximate surface area is 189 Å². The fourth-order valence-electron chi connectivity index (χ4n) is 3.51. The van der Waals surface area contributed by atoms with Gasteiger partial charge in [0, 0.05) is 0 Å². The van der Waals surface area contributed by atoms with Crippen molar-refractivity contribution in [2.24, 2.45) is 0 Å². The van der Waals surface area contributed by atoms with Crippen molar-refractivity contribution in [3.8, 4) is 11.5 Å². The number of sulfonamides is 1.